The van der Waals surface area contributed by atoms with Gasteiger partial charge in [0.05, 0.1) is 43.3 Å². The van der Waals surface area contributed by atoms with Crippen molar-refractivity contribution >= 4 is 54.8 Å². The maximum Gasteiger partial charge on any atom is 0.408 e. The van der Waals surface area contributed by atoms with Crippen LogP contribution in [0.1, 0.15) is 23.7 Å². The third-order valence-corrected chi connectivity index (χ3v) is 11.7. The van der Waals surface area contributed by atoms with Crippen LogP contribution < -0.4 is 14.2 Å². The molecule has 4 radical (unpaired) electrons. The average molecular weight is 877 g/mol. The zero-order valence-corrected chi connectivity index (χ0v) is 35.0. The number of nitrogens with zero attached hydrogens (tertiary/aromatic N) is 6. The van der Waals surface area contributed by atoms with E-state index in [0.717, 1.165) is 48.7 Å². The number of hydrogen-bond donors (Lipinski definition) is 0. The topological polar surface area (TPSA) is 117 Å². The van der Waals surface area contributed by atoms with Crippen LogP contribution >= 0.6 is 22.9 Å². The molecule has 0 saturated carbocycles. The van der Waals surface area contributed by atoms with E-state index < -0.39 is 36.0 Å². The number of furan rings is 1. The highest BCUT2D eigenvalue weighted by Gasteiger charge is 2.42. The summed E-state index contributed by atoms with van der Waals surface area (Å²) in [6, 6.07) is 13.0. The summed E-state index contributed by atoms with van der Waals surface area (Å²) in [5.41, 5.74) is 1.82. The third kappa shape index (κ3) is 9.85. The van der Waals surface area contributed by atoms with Gasteiger partial charge in [-0.15, -0.1) is 11.3 Å². The molecule has 1 fully saturated rings. The first-order valence-electron chi connectivity index (χ1n) is 19.2. The Kier molecular flexibility index (Phi) is 13.3. The number of ether oxygens (including phenoxy) is 4. The molecule has 20 heteroatoms. The van der Waals surface area contributed by atoms with Crippen LogP contribution in [0.3, 0.4) is 0 Å². The molecule has 61 heavy (non-hydrogen) atoms. The maximum absolute atomic E-state index is 14.4. The molecule has 1 aliphatic heterocycles. The molecule has 0 spiro atoms. The van der Waals surface area contributed by atoms with Crippen molar-refractivity contribution in [3.63, 3.8) is 0 Å². The maximum atomic E-state index is 14.4. The van der Waals surface area contributed by atoms with Crippen LogP contribution in [0.5, 0.6) is 17.4 Å². The summed E-state index contributed by atoms with van der Waals surface area (Å²) in [5.74, 6) is -0.391. The minimum Gasteiger partial charge on any atom is -0.491 e. The number of aromatic nitrogens is 4. The lowest BCUT2D eigenvalue weighted by molar-refractivity contribution is -0.152. The Morgan fingerprint density at radius 2 is 1.79 bits per heavy atom. The standard InChI is InChI=1S/C41H39B2ClF4N6O6S/c1-4-56-39(55)36(41(42,43)27-7-5-6-8-28(27)58-21-25-13-14-51-54(25)22-40(46,47)48)60-37-33-32(35(30-11-12-31(45)59-30)61-38(33)50-23-49-37)26-9-10-29(34(44)24(26)2)57-20-19-53-17-15-52(3)16-18-53/h5-14,23,36H,4,15-22H2,1-3H3/t36-/m1/s1. The zero-order chi connectivity index (χ0) is 43.5. The number of halogens is 5. The van der Waals surface area contributed by atoms with Crippen molar-refractivity contribution in [1.29, 1.82) is 0 Å². The normalized spacial score (nSPS) is 14.6. The quantitative estimate of drug-likeness (QED) is 0.0560. The molecule has 0 aliphatic carbocycles. The van der Waals surface area contributed by atoms with Crippen LogP contribution in [0.2, 0.25) is 5.02 Å². The number of carbonyl (C=O) groups is 1. The van der Waals surface area contributed by atoms with Gasteiger partial charge in [0.25, 0.3) is 6.01 Å². The van der Waals surface area contributed by atoms with E-state index in [9.17, 15) is 22.4 Å². The second kappa shape index (κ2) is 18.5. The number of alkyl halides is 3. The molecule has 1 aliphatic rings. The number of piperazine rings is 1. The summed E-state index contributed by atoms with van der Waals surface area (Å²) in [6.07, 6.45) is -3.88. The van der Waals surface area contributed by atoms with Gasteiger partial charge in [0, 0.05) is 50.6 Å². The van der Waals surface area contributed by atoms with Gasteiger partial charge in [-0.25, -0.2) is 14.8 Å². The average Bonchev–Trinajstić information content (AvgIpc) is 3.96. The molecule has 4 aromatic heterocycles. The van der Waals surface area contributed by atoms with Gasteiger partial charge in [0.2, 0.25) is 5.88 Å². The number of rotatable bonds is 16. The summed E-state index contributed by atoms with van der Waals surface area (Å²) in [5, 5.41) is 2.19. The fourth-order valence-corrected chi connectivity index (χ4v) is 8.30. The van der Waals surface area contributed by atoms with Gasteiger partial charge in [-0.3, -0.25) is 9.58 Å². The molecular formula is C41H39B2ClF4N6O6S. The highest BCUT2D eigenvalue weighted by Crippen LogP contribution is 2.50. The van der Waals surface area contributed by atoms with E-state index in [0.29, 0.717) is 49.2 Å². The number of carbonyl (C=O) groups excluding carboxylic acids is 1. The van der Waals surface area contributed by atoms with Gasteiger partial charge in [-0.1, -0.05) is 35.9 Å². The van der Waals surface area contributed by atoms with Crippen molar-refractivity contribution in [2.75, 3.05) is 53.0 Å². The van der Waals surface area contributed by atoms with E-state index in [1.54, 1.807) is 31.2 Å². The summed E-state index contributed by atoms with van der Waals surface area (Å²) >= 11 is 8.16. The second-order valence-electron chi connectivity index (χ2n) is 14.4. The molecule has 6 aromatic rings. The summed E-state index contributed by atoms with van der Waals surface area (Å²) in [7, 11) is 15.8. The molecule has 0 unspecified atom stereocenters. The van der Waals surface area contributed by atoms with E-state index >= 15 is 0 Å². The van der Waals surface area contributed by atoms with Crippen molar-refractivity contribution in [2.24, 2.45) is 0 Å². The number of esters is 1. The largest absolute Gasteiger partial charge is 0.491 e. The highest BCUT2D eigenvalue weighted by molar-refractivity contribution is 7.22. The van der Waals surface area contributed by atoms with E-state index in [2.05, 4.69) is 31.9 Å². The summed E-state index contributed by atoms with van der Waals surface area (Å²) < 4.78 is 84.3. The van der Waals surface area contributed by atoms with Crippen LogP contribution in [-0.4, -0.2) is 116 Å². The monoisotopic (exact) mass is 876 g/mol. The number of thiophene rings is 1. The number of para-hydroxylation sites is 1. The van der Waals surface area contributed by atoms with Crippen LogP contribution in [0.4, 0.5) is 17.6 Å². The molecule has 0 N–H and O–H groups in total. The zero-order valence-electron chi connectivity index (χ0n) is 33.4. The molecule has 2 aromatic carbocycles. The van der Waals surface area contributed by atoms with E-state index in [1.807, 2.05) is 6.92 Å². The van der Waals surface area contributed by atoms with Gasteiger partial charge >= 0.3 is 12.1 Å². The lowest BCUT2D eigenvalue weighted by Crippen LogP contribution is -2.50. The lowest BCUT2D eigenvalue weighted by Gasteiger charge is -2.35. The van der Waals surface area contributed by atoms with Crippen LogP contribution in [-0.2, 0) is 27.9 Å². The van der Waals surface area contributed by atoms with Crippen molar-refractivity contribution in [3.05, 3.63) is 95.0 Å². The van der Waals surface area contributed by atoms with Crippen LogP contribution in [0.15, 0.2) is 71.5 Å². The fraction of sp³-hybridized carbons (Fsp3) is 0.366. The number of benzene rings is 2. The first kappa shape index (κ1) is 44.0. The van der Waals surface area contributed by atoms with Crippen molar-refractivity contribution in [1.82, 2.24) is 29.5 Å². The Morgan fingerprint density at radius 1 is 1.02 bits per heavy atom. The van der Waals surface area contributed by atoms with Gasteiger partial charge in [-0.2, -0.15) is 22.7 Å². The minimum absolute atomic E-state index is 0.0486. The molecule has 1 saturated heterocycles. The second-order valence-corrected chi connectivity index (χ2v) is 15.8. The van der Waals surface area contributed by atoms with E-state index in [1.165, 1.54) is 42.9 Å². The molecule has 0 bridgehead atoms. The van der Waals surface area contributed by atoms with Gasteiger partial charge < -0.3 is 28.3 Å². The van der Waals surface area contributed by atoms with Crippen LogP contribution in [0, 0.1) is 12.9 Å². The molecule has 7 rings (SSSR count). The van der Waals surface area contributed by atoms with E-state index in [4.69, 9.17) is 50.7 Å². The Labute approximate surface area is 360 Å². The number of likely N-dealkylation sites (N-methyl/N-ethyl adjacent to an activating group) is 1. The first-order chi connectivity index (χ1) is 29.1. The van der Waals surface area contributed by atoms with Crippen LogP contribution in [0.25, 0.3) is 32.0 Å². The van der Waals surface area contributed by atoms with E-state index in [-0.39, 0.29) is 41.9 Å². The Balaban J connectivity index is 1.26. The molecular weight excluding hydrogens is 838 g/mol. The summed E-state index contributed by atoms with van der Waals surface area (Å²) in [6.45, 7) is 6.62. The first-order valence-corrected chi connectivity index (χ1v) is 20.4. The predicted octanol–water partition coefficient (Wildman–Crippen LogP) is 7.18. The Morgan fingerprint density at radius 3 is 2.51 bits per heavy atom. The molecule has 1 atom stereocenters. The molecule has 5 heterocycles. The number of hydrogen-bond acceptors (Lipinski definition) is 12. The Bertz CT molecular complexity index is 2490. The lowest BCUT2D eigenvalue weighted by atomic mass is 9.48. The molecule has 316 valence electrons. The molecule has 0 amide bonds. The molecule has 12 nitrogen and oxygen atoms in total. The number of fused-ring (bicyclic) bond motifs is 1. The predicted molar refractivity (Wildman–Crippen MR) is 223 cm³/mol. The SMILES string of the molecule is [B]C([B])(c1ccccc1OCc1ccnn1CC(F)(F)F)[C@H](Oc1ncnc2sc(-c3ccc(F)o3)c(-c3ccc(OCCN4CCN(C)CC4)c(Cl)c3C)c12)C(=O)OCC. The van der Waals surface area contributed by atoms with Crippen molar-refractivity contribution in [3.8, 4) is 39.1 Å². The minimum atomic E-state index is -4.52. The van der Waals surface area contributed by atoms with Crippen molar-refractivity contribution in [2.45, 2.75) is 44.5 Å². The van der Waals surface area contributed by atoms with Gasteiger partial charge in [0.1, 0.15) is 48.2 Å². The smallest absolute Gasteiger partial charge is 0.408 e. The van der Waals surface area contributed by atoms with Gasteiger partial charge in [-0.05, 0) is 67.1 Å². The Hall–Kier alpha value is -5.10. The van der Waals surface area contributed by atoms with Gasteiger partial charge in [0.15, 0.2) is 6.10 Å². The fourth-order valence-electron chi connectivity index (χ4n) is 6.97. The highest BCUT2D eigenvalue weighted by atomic mass is 35.5. The van der Waals surface area contributed by atoms with Crippen molar-refractivity contribution < 1.29 is 45.7 Å². The summed E-state index contributed by atoms with van der Waals surface area (Å²) in [4.78, 5) is 28.2. The third-order valence-electron chi connectivity index (χ3n) is 10.2.